The molecule has 1 saturated heterocycles. The van der Waals surface area contributed by atoms with Crippen molar-refractivity contribution in [3.8, 4) is 5.75 Å². The Morgan fingerprint density at radius 3 is 3.00 bits per heavy atom. The van der Waals surface area contributed by atoms with Crippen molar-refractivity contribution >= 4 is 0 Å². The molecule has 0 saturated carbocycles. The number of hydrogen-bond donors (Lipinski definition) is 1. The average molecular weight is 277 g/mol. The summed E-state index contributed by atoms with van der Waals surface area (Å²) in [7, 11) is 0. The van der Waals surface area contributed by atoms with E-state index in [4.69, 9.17) is 9.47 Å². The van der Waals surface area contributed by atoms with Gasteiger partial charge in [0.2, 0.25) is 0 Å². The maximum atomic E-state index is 6.08. The van der Waals surface area contributed by atoms with Gasteiger partial charge in [-0.2, -0.15) is 0 Å². The highest BCUT2D eigenvalue weighted by Gasteiger charge is 2.18. The van der Waals surface area contributed by atoms with Crippen LogP contribution < -0.4 is 10.1 Å². The maximum Gasteiger partial charge on any atom is 0.124 e. The first-order valence-corrected chi connectivity index (χ1v) is 7.75. The first-order chi connectivity index (χ1) is 9.70. The summed E-state index contributed by atoms with van der Waals surface area (Å²) in [6.07, 6.45) is 2.26. The molecular weight excluding hydrogens is 250 g/mol. The SMILES string of the molecule is CCCNC(C)c1ccc(C)cc1OCC1CCOC1. The van der Waals surface area contributed by atoms with E-state index < -0.39 is 0 Å². The fourth-order valence-electron chi connectivity index (χ4n) is 2.52. The van der Waals surface area contributed by atoms with E-state index in [-0.39, 0.29) is 0 Å². The van der Waals surface area contributed by atoms with Crippen molar-refractivity contribution in [2.45, 2.75) is 39.7 Å². The zero-order valence-electron chi connectivity index (χ0n) is 12.9. The van der Waals surface area contributed by atoms with Crippen LogP contribution in [0.2, 0.25) is 0 Å². The Hall–Kier alpha value is -1.06. The Bertz CT molecular complexity index is 413. The summed E-state index contributed by atoms with van der Waals surface area (Å²) in [6, 6.07) is 6.81. The summed E-state index contributed by atoms with van der Waals surface area (Å²) in [5, 5.41) is 3.53. The number of hydrogen-bond acceptors (Lipinski definition) is 3. The van der Waals surface area contributed by atoms with Crippen LogP contribution in [0.3, 0.4) is 0 Å². The first-order valence-electron chi connectivity index (χ1n) is 7.75. The average Bonchev–Trinajstić information content (AvgIpc) is 2.96. The van der Waals surface area contributed by atoms with Crippen molar-refractivity contribution < 1.29 is 9.47 Å². The van der Waals surface area contributed by atoms with Crippen molar-refractivity contribution in [1.29, 1.82) is 0 Å². The molecule has 0 aliphatic carbocycles. The lowest BCUT2D eigenvalue weighted by atomic mass is 10.0. The Labute approximate surface area is 122 Å². The second kappa shape index (κ2) is 7.65. The van der Waals surface area contributed by atoms with Crippen LogP contribution in [0, 0.1) is 12.8 Å². The van der Waals surface area contributed by atoms with Gasteiger partial charge in [0.05, 0.1) is 13.2 Å². The molecule has 0 amide bonds. The third-order valence-electron chi connectivity index (χ3n) is 3.83. The van der Waals surface area contributed by atoms with Crippen LogP contribution in [0.15, 0.2) is 18.2 Å². The van der Waals surface area contributed by atoms with Crippen LogP contribution in [-0.2, 0) is 4.74 Å². The molecule has 1 N–H and O–H groups in total. The van der Waals surface area contributed by atoms with Crippen molar-refractivity contribution in [3.05, 3.63) is 29.3 Å². The van der Waals surface area contributed by atoms with Gasteiger partial charge in [0, 0.05) is 24.1 Å². The smallest absolute Gasteiger partial charge is 0.124 e. The van der Waals surface area contributed by atoms with E-state index >= 15 is 0 Å². The molecule has 1 heterocycles. The van der Waals surface area contributed by atoms with E-state index in [1.54, 1.807) is 0 Å². The quantitative estimate of drug-likeness (QED) is 0.828. The monoisotopic (exact) mass is 277 g/mol. The van der Waals surface area contributed by atoms with Crippen molar-refractivity contribution in [3.63, 3.8) is 0 Å². The van der Waals surface area contributed by atoms with Gasteiger partial charge >= 0.3 is 0 Å². The van der Waals surface area contributed by atoms with E-state index in [2.05, 4.69) is 44.3 Å². The minimum atomic E-state index is 0.324. The van der Waals surface area contributed by atoms with Crippen LogP contribution >= 0.6 is 0 Å². The number of benzene rings is 1. The summed E-state index contributed by atoms with van der Waals surface area (Å²) < 4.78 is 11.5. The third kappa shape index (κ3) is 4.22. The number of nitrogens with one attached hydrogen (secondary N) is 1. The Balaban J connectivity index is 2.02. The molecule has 3 nitrogen and oxygen atoms in total. The molecule has 0 radical (unpaired) electrons. The Morgan fingerprint density at radius 1 is 1.45 bits per heavy atom. The predicted octanol–water partition coefficient (Wildman–Crippen LogP) is 3.47. The molecule has 0 spiro atoms. The van der Waals surface area contributed by atoms with Crippen LogP contribution in [0.1, 0.15) is 43.9 Å². The molecule has 0 aromatic heterocycles. The van der Waals surface area contributed by atoms with Gasteiger partial charge in [0.25, 0.3) is 0 Å². The van der Waals surface area contributed by atoms with E-state index in [0.29, 0.717) is 12.0 Å². The normalized spacial score (nSPS) is 20.1. The molecular formula is C17H27NO2. The van der Waals surface area contributed by atoms with Crippen LogP contribution in [-0.4, -0.2) is 26.4 Å². The maximum absolute atomic E-state index is 6.08. The molecule has 1 fully saturated rings. The van der Waals surface area contributed by atoms with Gasteiger partial charge in [-0.15, -0.1) is 0 Å². The molecule has 2 atom stereocenters. The van der Waals surface area contributed by atoms with Crippen molar-refractivity contribution in [1.82, 2.24) is 5.32 Å². The highest BCUT2D eigenvalue weighted by molar-refractivity contribution is 5.39. The lowest BCUT2D eigenvalue weighted by Crippen LogP contribution is -2.21. The molecule has 20 heavy (non-hydrogen) atoms. The fraction of sp³-hybridized carbons (Fsp3) is 0.647. The first kappa shape index (κ1) is 15.3. The molecule has 1 aromatic carbocycles. The molecule has 1 aromatic rings. The van der Waals surface area contributed by atoms with E-state index in [1.165, 1.54) is 11.1 Å². The lowest BCUT2D eigenvalue weighted by Gasteiger charge is -2.20. The molecule has 112 valence electrons. The third-order valence-corrected chi connectivity index (χ3v) is 3.83. The zero-order chi connectivity index (χ0) is 14.4. The standard InChI is InChI=1S/C17H27NO2/c1-4-8-18-14(3)16-6-5-13(2)10-17(16)20-12-15-7-9-19-11-15/h5-6,10,14-15,18H,4,7-9,11-12H2,1-3H3. The molecule has 2 rings (SSSR count). The van der Waals surface area contributed by atoms with Crippen LogP contribution in [0.4, 0.5) is 0 Å². The molecule has 0 bridgehead atoms. The van der Waals surface area contributed by atoms with E-state index in [1.807, 2.05) is 0 Å². The Morgan fingerprint density at radius 2 is 2.30 bits per heavy atom. The highest BCUT2D eigenvalue weighted by Crippen LogP contribution is 2.27. The summed E-state index contributed by atoms with van der Waals surface area (Å²) in [6.45, 7) is 10.0. The van der Waals surface area contributed by atoms with Gasteiger partial charge in [-0.25, -0.2) is 0 Å². The van der Waals surface area contributed by atoms with Crippen LogP contribution in [0.25, 0.3) is 0 Å². The Kier molecular flexibility index (Phi) is 5.86. The number of ether oxygens (including phenoxy) is 2. The minimum Gasteiger partial charge on any atom is -0.493 e. The summed E-state index contributed by atoms with van der Waals surface area (Å²) in [4.78, 5) is 0. The van der Waals surface area contributed by atoms with Gasteiger partial charge in [-0.05, 0) is 44.9 Å². The minimum absolute atomic E-state index is 0.324. The summed E-state index contributed by atoms with van der Waals surface area (Å²) in [5.41, 5.74) is 2.50. The van der Waals surface area contributed by atoms with Gasteiger partial charge in [0.1, 0.15) is 5.75 Å². The highest BCUT2D eigenvalue weighted by atomic mass is 16.5. The zero-order valence-corrected chi connectivity index (χ0v) is 12.9. The molecule has 1 aliphatic rings. The van der Waals surface area contributed by atoms with Crippen LogP contribution in [0.5, 0.6) is 5.75 Å². The number of rotatable bonds is 7. The van der Waals surface area contributed by atoms with Gasteiger partial charge in [-0.3, -0.25) is 0 Å². The second-order valence-electron chi connectivity index (χ2n) is 5.76. The van der Waals surface area contributed by atoms with E-state index in [9.17, 15) is 0 Å². The molecule has 1 aliphatic heterocycles. The van der Waals surface area contributed by atoms with Crippen molar-refractivity contribution in [2.75, 3.05) is 26.4 Å². The van der Waals surface area contributed by atoms with Gasteiger partial charge in [0.15, 0.2) is 0 Å². The largest absolute Gasteiger partial charge is 0.493 e. The number of aryl methyl sites for hydroxylation is 1. The van der Waals surface area contributed by atoms with Gasteiger partial charge < -0.3 is 14.8 Å². The lowest BCUT2D eigenvalue weighted by molar-refractivity contribution is 0.166. The van der Waals surface area contributed by atoms with Crippen molar-refractivity contribution in [2.24, 2.45) is 5.92 Å². The molecule has 3 heteroatoms. The topological polar surface area (TPSA) is 30.5 Å². The predicted molar refractivity (Wildman–Crippen MR) is 82.3 cm³/mol. The summed E-state index contributed by atoms with van der Waals surface area (Å²) in [5.74, 6) is 1.57. The fourth-order valence-corrected chi connectivity index (χ4v) is 2.52. The van der Waals surface area contributed by atoms with E-state index in [0.717, 1.165) is 45.0 Å². The summed E-state index contributed by atoms with van der Waals surface area (Å²) >= 11 is 0. The van der Waals surface area contributed by atoms with Gasteiger partial charge in [-0.1, -0.05) is 19.1 Å². The second-order valence-corrected chi connectivity index (χ2v) is 5.76. The molecule has 2 unspecified atom stereocenters.